The molecule has 180 valence electrons. The summed E-state index contributed by atoms with van der Waals surface area (Å²) < 4.78 is 26.5. The van der Waals surface area contributed by atoms with Crippen LogP contribution in [0.15, 0.2) is 24.3 Å². The highest BCUT2D eigenvalue weighted by Gasteiger charge is 2.52. The predicted molar refractivity (Wildman–Crippen MR) is 111 cm³/mol. The third-order valence-electron chi connectivity index (χ3n) is 4.39. The van der Waals surface area contributed by atoms with Gasteiger partial charge in [-0.05, 0) is 24.3 Å². The molecule has 0 unspecified atom stereocenters. The van der Waals surface area contributed by atoms with Crippen molar-refractivity contribution in [3.05, 3.63) is 34.9 Å². The number of halogens is 1. The fourth-order valence-corrected chi connectivity index (χ4v) is 3.28. The minimum atomic E-state index is -1.46. The monoisotopic (exact) mass is 485 g/mol. The lowest BCUT2D eigenvalue weighted by atomic mass is 9.95. The zero-order valence-corrected chi connectivity index (χ0v) is 19.1. The number of esters is 4. The van der Waals surface area contributed by atoms with E-state index in [2.05, 4.69) is 5.32 Å². The van der Waals surface area contributed by atoms with Gasteiger partial charge in [-0.25, -0.2) is 0 Å². The minimum Gasteiger partial charge on any atom is -0.463 e. The Morgan fingerprint density at radius 3 is 1.91 bits per heavy atom. The van der Waals surface area contributed by atoms with Gasteiger partial charge in [-0.2, -0.15) is 0 Å². The van der Waals surface area contributed by atoms with Crippen molar-refractivity contribution < 1.29 is 47.7 Å². The topological polar surface area (TPSA) is 144 Å². The van der Waals surface area contributed by atoms with Crippen LogP contribution in [0.2, 0.25) is 5.02 Å². The molecule has 0 saturated carbocycles. The van der Waals surface area contributed by atoms with E-state index in [9.17, 15) is 24.0 Å². The molecule has 1 fully saturated rings. The molecule has 0 aliphatic carbocycles. The van der Waals surface area contributed by atoms with Gasteiger partial charge < -0.3 is 29.0 Å². The Labute approximate surface area is 194 Å². The molecule has 1 aliphatic heterocycles. The van der Waals surface area contributed by atoms with Crippen molar-refractivity contribution >= 4 is 41.4 Å². The molecule has 0 bridgehead atoms. The first-order valence-corrected chi connectivity index (χ1v) is 10.2. The molecule has 1 amide bonds. The first-order valence-electron chi connectivity index (χ1n) is 9.84. The Hall–Kier alpha value is -3.18. The maximum atomic E-state index is 12.8. The smallest absolute Gasteiger partial charge is 0.305 e. The molecule has 0 aromatic heterocycles. The van der Waals surface area contributed by atoms with Crippen molar-refractivity contribution in [3.63, 3.8) is 0 Å². The third kappa shape index (κ3) is 7.72. The molecule has 33 heavy (non-hydrogen) atoms. The van der Waals surface area contributed by atoms with Gasteiger partial charge in [0.05, 0.1) is 0 Å². The van der Waals surface area contributed by atoms with E-state index in [-0.39, 0.29) is 5.56 Å². The molecular weight excluding hydrogens is 462 g/mol. The van der Waals surface area contributed by atoms with Crippen LogP contribution >= 0.6 is 11.6 Å². The average molecular weight is 486 g/mol. The van der Waals surface area contributed by atoms with Crippen molar-refractivity contribution in [3.8, 4) is 0 Å². The summed E-state index contributed by atoms with van der Waals surface area (Å²) in [5.74, 6) is -3.55. The van der Waals surface area contributed by atoms with Crippen molar-refractivity contribution in [1.82, 2.24) is 5.32 Å². The Bertz CT molecular complexity index is 903. The van der Waals surface area contributed by atoms with Crippen molar-refractivity contribution in [1.29, 1.82) is 0 Å². The highest BCUT2D eigenvalue weighted by molar-refractivity contribution is 6.30. The van der Waals surface area contributed by atoms with Crippen molar-refractivity contribution in [2.24, 2.45) is 0 Å². The van der Waals surface area contributed by atoms with Crippen LogP contribution in [0.4, 0.5) is 0 Å². The van der Waals surface area contributed by atoms with E-state index in [1.165, 1.54) is 24.3 Å². The molecule has 2 rings (SSSR count). The minimum absolute atomic E-state index is 0.202. The maximum absolute atomic E-state index is 12.8. The molecule has 1 aromatic rings. The summed E-state index contributed by atoms with van der Waals surface area (Å²) in [6.45, 7) is 4.10. The highest BCUT2D eigenvalue weighted by atomic mass is 35.5. The van der Waals surface area contributed by atoms with Crippen LogP contribution < -0.4 is 5.32 Å². The lowest BCUT2D eigenvalue weighted by molar-refractivity contribution is -0.270. The molecule has 0 spiro atoms. The average Bonchev–Trinajstić information content (AvgIpc) is 2.70. The van der Waals surface area contributed by atoms with Crippen LogP contribution in [0.3, 0.4) is 0 Å². The van der Waals surface area contributed by atoms with E-state index in [4.69, 9.17) is 35.3 Å². The molecule has 1 aliphatic rings. The van der Waals surface area contributed by atoms with Gasteiger partial charge in [0.15, 0.2) is 12.2 Å². The molecule has 1 heterocycles. The number of carbonyl (C=O) groups is 5. The number of benzene rings is 1. The molecular formula is C21H24ClNO10. The van der Waals surface area contributed by atoms with E-state index in [1.807, 2.05) is 0 Å². The molecule has 1 aromatic carbocycles. The van der Waals surface area contributed by atoms with E-state index in [0.29, 0.717) is 5.02 Å². The number of rotatable bonds is 7. The first-order chi connectivity index (χ1) is 15.5. The summed E-state index contributed by atoms with van der Waals surface area (Å²) in [5, 5.41) is 3.00. The molecule has 0 radical (unpaired) electrons. The normalized spacial score (nSPS) is 24.2. The first kappa shape index (κ1) is 26.1. The standard InChI is InChI=1S/C21H24ClNO10/c1-10(24)29-9-16-18(30-11(2)25)19(31-12(3)26)17(21(33-16)32-13(4)27)23-20(28)14-5-7-15(22)8-6-14/h5-8,16-19,21H,9H2,1-4H3,(H,23,28)/t16-,17+,18+,19-,21-/m1/s1. The molecule has 11 nitrogen and oxygen atoms in total. The van der Waals surface area contributed by atoms with Gasteiger partial charge in [0.1, 0.15) is 18.8 Å². The Balaban J connectivity index is 2.44. The second-order valence-corrected chi connectivity index (χ2v) is 7.55. The van der Waals surface area contributed by atoms with Gasteiger partial charge in [-0.1, -0.05) is 11.6 Å². The van der Waals surface area contributed by atoms with Crippen LogP contribution in [0.1, 0.15) is 38.1 Å². The Kier molecular flexibility index (Phi) is 9.18. The van der Waals surface area contributed by atoms with Crippen LogP contribution in [-0.4, -0.2) is 67.0 Å². The number of carbonyl (C=O) groups excluding carboxylic acids is 5. The predicted octanol–water partition coefficient (Wildman–Crippen LogP) is 1.15. The summed E-state index contributed by atoms with van der Waals surface area (Å²) >= 11 is 5.85. The quantitative estimate of drug-likeness (QED) is 0.441. The van der Waals surface area contributed by atoms with E-state index in [0.717, 1.165) is 27.7 Å². The largest absolute Gasteiger partial charge is 0.463 e. The van der Waals surface area contributed by atoms with Crippen molar-refractivity contribution in [2.75, 3.05) is 6.61 Å². The van der Waals surface area contributed by atoms with Gasteiger partial charge in [0.25, 0.3) is 5.91 Å². The van der Waals surface area contributed by atoms with E-state index in [1.54, 1.807) is 0 Å². The summed E-state index contributed by atoms with van der Waals surface area (Å²) in [6, 6.07) is 4.63. The van der Waals surface area contributed by atoms with Crippen molar-refractivity contribution in [2.45, 2.75) is 58.3 Å². The zero-order chi connectivity index (χ0) is 24.7. The highest BCUT2D eigenvalue weighted by Crippen LogP contribution is 2.28. The summed E-state index contributed by atoms with van der Waals surface area (Å²) in [4.78, 5) is 59.5. The molecule has 1 N–H and O–H groups in total. The second-order valence-electron chi connectivity index (χ2n) is 7.11. The second kappa shape index (κ2) is 11.6. The summed E-state index contributed by atoms with van der Waals surface area (Å²) in [6.07, 6.45) is -5.28. The fraction of sp³-hybridized carbons (Fsp3) is 0.476. The Morgan fingerprint density at radius 2 is 1.39 bits per heavy atom. The SMILES string of the molecule is CC(=O)OC[C@H]1O[C@@H](OC(C)=O)[C@@H](NC(=O)c2ccc(Cl)cc2)[C@@H](OC(C)=O)[C@H]1OC(C)=O. The van der Waals surface area contributed by atoms with Gasteiger partial charge >= 0.3 is 23.9 Å². The fourth-order valence-electron chi connectivity index (χ4n) is 3.16. The van der Waals surface area contributed by atoms with Gasteiger partial charge in [-0.15, -0.1) is 0 Å². The maximum Gasteiger partial charge on any atom is 0.305 e. The number of hydrogen-bond donors (Lipinski definition) is 1. The van der Waals surface area contributed by atoms with E-state index < -0.39 is 67.0 Å². The molecule has 12 heteroatoms. The number of amides is 1. The summed E-state index contributed by atoms with van der Waals surface area (Å²) in [5.41, 5.74) is 0.202. The van der Waals surface area contributed by atoms with Gasteiger partial charge in [-0.3, -0.25) is 24.0 Å². The van der Waals surface area contributed by atoms with Crippen LogP contribution in [0.25, 0.3) is 0 Å². The van der Waals surface area contributed by atoms with Crippen LogP contribution in [-0.2, 0) is 42.9 Å². The third-order valence-corrected chi connectivity index (χ3v) is 4.64. The van der Waals surface area contributed by atoms with Crippen LogP contribution in [0, 0.1) is 0 Å². The molecule has 5 atom stereocenters. The number of ether oxygens (including phenoxy) is 5. The lowest BCUT2D eigenvalue weighted by Gasteiger charge is -2.44. The number of nitrogens with one attached hydrogen (secondary N) is 1. The molecule has 1 saturated heterocycles. The lowest BCUT2D eigenvalue weighted by Crippen LogP contribution is -2.67. The Morgan fingerprint density at radius 1 is 0.848 bits per heavy atom. The number of hydrogen-bond acceptors (Lipinski definition) is 10. The zero-order valence-electron chi connectivity index (χ0n) is 18.4. The van der Waals surface area contributed by atoms with Gasteiger partial charge in [0, 0.05) is 38.3 Å². The summed E-state index contributed by atoms with van der Waals surface area (Å²) in [7, 11) is 0. The van der Waals surface area contributed by atoms with Gasteiger partial charge in [0.2, 0.25) is 6.29 Å². The van der Waals surface area contributed by atoms with E-state index >= 15 is 0 Å². The van der Waals surface area contributed by atoms with Crippen LogP contribution in [0.5, 0.6) is 0 Å².